The first-order chi connectivity index (χ1) is 8.63. The molecule has 0 radical (unpaired) electrons. The lowest BCUT2D eigenvalue weighted by Crippen LogP contribution is -2.42. The van der Waals surface area contributed by atoms with Crippen molar-refractivity contribution in [2.24, 2.45) is 0 Å². The maximum atomic E-state index is 10.8. The molecule has 106 valence electrons. The number of hydrogen-bond acceptors (Lipinski definition) is 6. The zero-order valence-electron chi connectivity index (χ0n) is 10.4. The molecule has 8 heteroatoms. The van der Waals surface area contributed by atoms with Gasteiger partial charge in [0.25, 0.3) is 5.69 Å². The van der Waals surface area contributed by atoms with Crippen LogP contribution >= 0.6 is 12.4 Å². The third kappa shape index (κ3) is 3.25. The average molecular weight is 290 g/mol. The van der Waals surface area contributed by atoms with E-state index in [1.54, 1.807) is 0 Å². The first-order valence-electron chi connectivity index (χ1n) is 5.63. The standard InChI is InChI=1S/C11H15N3O4.ClH/c1-18-10-5-7(14(16)17)4-8(11(10)15)9-6-12-2-3-13-9;/h4-5,9,12-13,15H,2-3,6H2,1H3;1H/t9-;/m0./s1. The number of nitrogens with one attached hydrogen (secondary N) is 2. The van der Waals surface area contributed by atoms with Gasteiger partial charge in [-0.2, -0.15) is 0 Å². The van der Waals surface area contributed by atoms with Gasteiger partial charge in [0, 0.05) is 37.3 Å². The van der Waals surface area contributed by atoms with Gasteiger partial charge in [0.05, 0.1) is 18.1 Å². The van der Waals surface area contributed by atoms with Crippen molar-refractivity contribution in [3.63, 3.8) is 0 Å². The van der Waals surface area contributed by atoms with Crippen LogP contribution in [0.25, 0.3) is 0 Å². The highest BCUT2D eigenvalue weighted by atomic mass is 35.5. The van der Waals surface area contributed by atoms with Crippen LogP contribution in [-0.4, -0.2) is 36.8 Å². The molecule has 1 atom stereocenters. The van der Waals surface area contributed by atoms with E-state index in [1.165, 1.54) is 19.2 Å². The van der Waals surface area contributed by atoms with Gasteiger partial charge >= 0.3 is 0 Å². The Morgan fingerprint density at radius 3 is 2.74 bits per heavy atom. The van der Waals surface area contributed by atoms with Gasteiger partial charge < -0.3 is 20.5 Å². The lowest BCUT2D eigenvalue weighted by Gasteiger charge is -2.25. The molecule has 0 bridgehead atoms. The summed E-state index contributed by atoms with van der Waals surface area (Å²) >= 11 is 0. The fraction of sp³-hybridized carbons (Fsp3) is 0.455. The summed E-state index contributed by atoms with van der Waals surface area (Å²) in [6.45, 7) is 2.19. The molecular weight excluding hydrogens is 274 g/mol. The van der Waals surface area contributed by atoms with Crippen LogP contribution in [0.15, 0.2) is 12.1 Å². The first kappa shape index (κ1) is 15.5. The Kier molecular flexibility index (Phi) is 5.34. The second-order valence-corrected chi connectivity index (χ2v) is 4.05. The quantitative estimate of drug-likeness (QED) is 0.567. The minimum atomic E-state index is -0.498. The summed E-state index contributed by atoms with van der Waals surface area (Å²) < 4.78 is 4.96. The highest BCUT2D eigenvalue weighted by Crippen LogP contribution is 2.37. The van der Waals surface area contributed by atoms with Gasteiger partial charge in [-0.15, -0.1) is 12.4 Å². The molecule has 1 aromatic rings. The number of phenols is 1. The molecule has 1 aliphatic heterocycles. The highest BCUT2D eigenvalue weighted by molar-refractivity contribution is 5.85. The molecule has 3 N–H and O–H groups in total. The molecule has 1 fully saturated rings. The second kappa shape index (κ2) is 6.55. The number of halogens is 1. The molecule has 1 saturated heterocycles. The molecule has 0 aliphatic carbocycles. The number of piperazine rings is 1. The lowest BCUT2D eigenvalue weighted by atomic mass is 10.0. The number of phenolic OH excluding ortho intramolecular Hbond substituents is 1. The molecule has 7 nitrogen and oxygen atoms in total. The minimum Gasteiger partial charge on any atom is -0.504 e. The number of nitro benzene ring substituents is 1. The average Bonchev–Trinajstić information content (AvgIpc) is 2.39. The van der Waals surface area contributed by atoms with E-state index in [0.717, 1.165) is 13.1 Å². The van der Waals surface area contributed by atoms with Crippen LogP contribution in [0.5, 0.6) is 11.5 Å². The molecule has 0 amide bonds. The van der Waals surface area contributed by atoms with Crippen LogP contribution in [-0.2, 0) is 0 Å². The number of aromatic hydroxyl groups is 1. The Hall–Kier alpha value is -1.57. The van der Waals surface area contributed by atoms with E-state index in [0.29, 0.717) is 12.1 Å². The van der Waals surface area contributed by atoms with E-state index < -0.39 is 4.92 Å². The van der Waals surface area contributed by atoms with Gasteiger partial charge in [-0.25, -0.2) is 0 Å². The Balaban J connectivity index is 0.00000180. The van der Waals surface area contributed by atoms with Gasteiger partial charge in [0.1, 0.15) is 0 Å². The van der Waals surface area contributed by atoms with Gasteiger partial charge in [0.15, 0.2) is 11.5 Å². The summed E-state index contributed by atoms with van der Waals surface area (Å²) in [6.07, 6.45) is 0. The van der Waals surface area contributed by atoms with Gasteiger partial charge in [-0.1, -0.05) is 0 Å². The predicted octanol–water partition coefficient (Wildman–Crippen LogP) is 0.965. The van der Waals surface area contributed by atoms with E-state index in [4.69, 9.17) is 4.74 Å². The van der Waals surface area contributed by atoms with Crippen molar-refractivity contribution in [1.29, 1.82) is 0 Å². The number of nitrogens with zero attached hydrogens (tertiary/aromatic N) is 1. The molecule has 1 heterocycles. The maximum absolute atomic E-state index is 10.8. The van der Waals surface area contributed by atoms with Crippen LogP contribution in [0.2, 0.25) is 0 Å². The van der Waals surface area contributed by atoms with E-state index in [1.807, 2.05) is 0 Å². The van der Waals surface area contributed by atoms with Crippen LogP contribution < -0.4 is 15.4 Å². The van der Waals surface area contributed by atoms with Crippen molar-refractivity contribution in [2.75, 3.05) is 26.7 Å². The van der Waals surface area contributed by atoms with E-state index in [-0.39, 0.29) is 35.6 Å². The third-order valence-corrected chi connectivity index (χ3v) is 2.94. The number of rotatable bonds is 3. The summed E-state index contributed by atoms with van der Waals surface area (Å²) in [7, 11) is 1.37. The van der Waals surface area contributed by atoms with Crippen LogP contribution in [0.1, 0.15) is 11.6 Å². The summed E-state index contributed by atoms with van der Waals surface area (Å²) in [6, 6.07) is 2.44. The number of hydrogen-bond donors (Lipinski definition) is 3. The number of nitro groups is 1. The third-order valence-electron chi connectivity index (χ3n) is 2.94. The normalized spacial score (nSPS) is 18.5. The van der Waals surface area contributed by atoms with Gasteiger partial charge in [-0.3, -0.25) is 10.1 Å². The van der Waals surface area contributed by atoms with Gasteiger partial charge in [-0.05, 0) is 0 Å². The summed E-state index contributed by atoms with van der Waals surface area (Å²) in [5, 5.41) is 27.2. The largest absolute Gasteiger partial charge is 0.504 e. The zero-order valence-corrected chi connectivity index (χ0v) is 11.2. The Morgan fingerprint density at radius 2 is 2.21 bits per heavy atom. The molecule has 0 aromatic heterocycles. The number of ether oxygens (including phenoxy) is 1. The molecule has 1 aliphatic rings. The van der Waals surface area contributed by atoms with E-state index in [2.05, 4.69) is 10.6 Å². The highest BCUT2D eigenvalue weighted by Gasteiger charge is 2.24. The van der Waals surface area contributed by atoms with Crippen LogP contribution in [0.3, 0.4) is 0 Å². The minimum absolute atomic E-state index is 0. The first-order valence-corrected chi connectivity index (χ1v) is 5.63. The lowest BCUT2D eigenvalue weighted by molar-refractivity contribution is -0.385. The van der Waals surface area contributed by atoms with Crippen molar-refractivity contribution in [2.45, 2.75) is 6.04 Å². The van der Waals surface area contributed by atoms with Crippen molar-refractivity contribution >= 4 is 18.1 Å². The van der Waals surface area contributed by atoms with Crippen molar-refractivity contribution < 1.29 is 14.8 Å². The SMILES string of the molecule is COc1cc([N+](=O)[O-])cc([C@@H]2CNCCN2)c1O.Cl. The van der Waals surface area contributed by atoms with Gasteiger partial charge in [0.2, 0.25) is 0 Å². The smallest absolute Gasteiger partial charge is 0.273 e. The molecular formula is C11H16ClN3O4. The monoisotopic (exact) mass is 289 g/mol. The predicted molar refractivity (Wildman–Crippen MR) is 72.2 cm³/mol. The number of methoxy groups -OCH3 is 1. The Bertz CT molecular complexity index is 463. The topological polar surface area (TPSA) is 96.7 Å². The Morgan fingerprint density at radius 1 is 1.47 bits per heavy atom. The summed E-state index contributed by atoms with van der Waals surface area (Å²) in [5.41, 5.74) is 0.389. The fourth-order valence-corrected chi connectivity index (χ4v) is 2.01. The second-order valence-electron chi connectivity index (χ2n) is 4.05. The zero-order chi connectivity index (χ0) is 13.1. The Labute approximate surface area is 116 Å². The summed E-state index contributed by atoms with van der Waals surface area (Å²) in [5.74, 6) is 0.0656. The van der Waals surface area contributed by atoms with E-state index >= 15 is 0 Å². The number of benzene rings is 1. The molecule has 0 unspecified atom stereocenters. The van der Waals surface area contributed by atoms with Crippen molar-refractivity contribution in [3.8, 4) is 11.5 Å². The van der Waals surface area contributed by atoms with E-state index in [9.17, 15) is 15.2 Å². The molecule has 1 aromatic carbocycles. The van der Waals surface area contributed by atoms with Crippen LogP contribution in [0.4, 0.5) is 5.69 Å². The molecule has 0 spiro atoms. The van der Waals surface area contributed by atoms with Crippen molar-refractivity contribution in [3.05, 3.63) is 27.8 Å². The molecule has 0 saturated carbocycles. The van der Waals surface area contributed by atoms with Crippen LogP contribution in [0, 0.1) is 10.1 Å². The summed E-state index contributed by atoms with van der Waals surface area (Å²) in [4.78, 5) is 10.3. The number of non-ortho nitro benzene ring substituents is 1. The molecule has 19 heavy (non-hydrogen) atoms. The fourth-order valence-electron chi connectivity index (χ4n) is 2.01. The van der Waals surface area contributed by atoms with Crippen molar-refractivity contribution in [1.82, 2.24) is 10.6 Å². The molecule has 2 rings (SSSR count). The maximum Gasteiger partial charge on any atom is 0.273 e.